The van der Waals surface area contributed by atoms with E-state index < -0.39 is 0 Å². The standard InChI is InChI=1S/C18H30N2O/c1-5-19-17(18(20(2)3)11-6-7-12-18)14-15-9-8-10-16(13-15)21-4/h8-10,13,17,19H,5-7,11-12,14H2,1-4H3. The Morgan fingerprint density at radius 3 is 2.57 bits per heavy atom. The summed E-state index contributed by atoms with van der Waals surface area (Å²) in [5.41, 5.74) is 1.65. The van der Waals surface area contributed by atoms with E-state index in [4.69, 9.17) is 4.74 Å². The zero-order chi connectivity index (χ0) is 15.3. The van der Waals surface area contributed by atoms with Gasteiger partial charge in [-0.2, -0.15) is 0 Å². The van der Waals surface area contributed by atoms with Crippen molar-refractivity contribution in [1.82, 2.24) is 10.2 Å². The fraction of sp³-hybridized carbons (Fsp3) is 0.667. The van der Waals surface area contributed by atoms with Crippen LogP contribution in [0.1, 0.15) is 38.2 Å². The molecule has 1 aliphatic carbocycles. The van der Waals surface area contributed by atoms with Gasteiger partial charge < -0.3 is 15.0 Å². The second-order valence-corrected chi connectivity index (χ2v) is 6.37. The highest BCUT2D eigenvalue weighted by Crippen LogP contribution is 2.38. The zero-order valence-electron chi connectivity index (χ0n) is 14.0. The van der Waals surface area contributed by atoms with Crippen LogP contribution in [0.25, 0.3) is 0 Å². The summed E-state index contributed by atoms with van der Waals surface area (Å²) >= 11 is 0. The van der Waals surface area contributed by atoms with E-state index in [0.29, 0.717) is 11.6 Å². The van der Waals surface area contributed by atoms with Gasteiger partial charge in [0.2, 0.25) is 0 Å². The molecular formula is C18H30N2O. The Balaban J connectivity index is 2.21. The van der Waals surface area contributed by atoms with Crippen LogP contribution in [0.5, 0.6) is 5.75 Å². The topological polar surface area (TPSA) is 24.5 Å². The number of nitrogens with zero attached hydrogens (tertiary/aromatic N) is 1. The monoisotopic (exact) mass is 290 g/mol. The molecule has 1 N–H and O–H groups in total. The molecule has 1 aromatic carbocycles. The van der Waals surface area contributed by atoms with E-state index in [1.54, 1.807) is 7.11 Å². The highest BCUT2D eigenvalue weighted by atomic mass is 16.5. The van der Waals surface area contributed by atoms with Gasteiger partial charge in [-0.15, -0.1) is 0 Å². The van der Waals surface area contributed by atoms with Crippen LogP contribution >= 0.6 is 0 Å². The van der Waals surface area contributed by atoms with E-state index in [1.165, 1.54) is 31.2 Å². The molecule has 1 aromatic rings. The number of nitrogens with one attached hydrogen (secondary N) is 1. The average Bonchev–Trinajstić information content (AvgIpc) is 2.98. The minimum atomic E-state index is 0.291. The van der Waals surface area contributed by atoms with Crippen LogP contribution in [0.15, 0.2) is 24.3 Å². The Morgan fingerprint density at radius 1 is 1.29 bits per heavy atom. The van der Waals surface area contributed by atoms with Gasteiger partial charge in [-0.1, -0.05) is 31.9 Å². The summed E-state index contributed by atoms with van der Waals surface area (Å²) in [5.74, 6) is 0.952. The summed E-state index contributed by atoms with van der Waals surface area (Å²) in [7, 11) is 6.21. The molecule has 0 bridgehead atoms. The number of ether oxygens (including phenoxy) is 1. The normalized spacial score (nSPS) is 18.9. The average molecular weight is 290 g/mol. The third-order valence-corrected chi connectivity index (χ3v) is 5.03. The van der Waals surface area contributed by atoms with Crippen molar-refractivity contribution in [2.75, 3.05) is 27.7 Å². The van der Waals surface area contributed by atoms with E-state index in [1.807, 2.05) is 6.07 Å². The van der Waals surface area contributed by atoms with Gasteiger partial charge in [0.15, 0.2) is 0 Å². The maximum absolute atomic E-state index is 5.36. The number of likely N-dealkylation sites (N-methyl/N-ethyl adjacent to an activating group) is 2. The summed E-state index contributed by atoms with van der Waals surface area (Å²) in [6.07, 6.45) is 6.34. The molecule has 0 amide bonds. The van der Waals surface area contributed by atoms with Crippen molar-refractivity contribution >= 4 is 0 Å². The van der Waals surface area contributed by atoms with E-state index in [0.717, 1.165) is 18.7 Å². The lowest BCUT2D eigenvalue weighted by Gasteiger charge is -2.44. The van der Waals surface area contributed by atoms with Crippen molar-refractivity contribution in [3.8, 4) is 5.75 Å². The SMILES string of the molecule is CCNC(Cc1cccc(OC)c1)C1(N(C)C)CCCC1. The first-order valence-corrected chi connectivity index (χ1v) is 8.16. The van der Waals surface area contributed by atoms with E-state index in [2.05, 4.69) is 49.4 Å². The van der Waals surface area contributed by atoms with Crippen LogP contribution in [0, 0.1) is 0 Å². The van der Waals surface area contributed by atoms with Crippen molar-refractivity contribution < 1.29 is 4.74 Å². The molecule has 0 heterocycles. The maximum atomic E-state index is 5.36. The summed E-state index contributed by atoms with van der Waals surface area (Å²) in [6.45, 7) is 3.22. The number of hydrogen-bond acceptors (Lipinski definition) is 3. The van der Waals surface area contributed by atoms with Crippen molar-refractivity contribution in [2.45, 2.75) is 50.6 Å². The van der Waals surface area contributed by atoms with Crippen LogP contribution in [0.3, 0.4) is 0 Å². The Kier molecular flexibility index (Phi) is 5.65. The Bertz CT molecular complexity index is 439. The van der Waals surface area contributed by atoms with Gasteiger partial charge in [0.25, 0.3) is 0 Å². The molecule has 21 heavy (non-hydrogen) atoms. The Morgan fingerprint density at radius 2 is 2.00 bits per heavy atom. The predicted molar refractivity (Wildman–Crippen MR) is 89.0 cm³/mol. The second kappa shape index (κ2) is 7.28. The molecule has 0 radical (unpaired) electrons. The van der Waals surface area contributed by atoms with Gasteiger partial charge in [-0.25, -0.2) is 0 Å². The van der Waals surface area contributed by atoms with Gasteiger partial charge in [-0.05, 0) is 57.6 Å². The molecule has 1 fully saturated rings. The Hall–Kier alpha value is -1.06. The highest BCUT2D eigenvalue weighted by molar-refractivity contribution is 5.29. The molecule has 2 rings (SSSR count). The number of methoxy groups -OCH3 is 1. The quantitative estimate of drug-likeness (QED) is 0.835. The number of rotatable bonds is 7. The highest BCUT2D eigenvalue weighted by Gasteiger charge is 2.42. The molecule has 1 atom stereocenters. The van der Waals surface area contributed by atoms with Crippen molar-refractivity contribution in [2.24, 2.45) is 0 Å². The lowest BCUT2D eigenvalue weighted by molar-refractivity contribution is 0.105. The molecule has 1 saturated carbocycles. The van der Waals surface area contributed by atoms with Gasteiger partial charge in [0, 0.05) is 11.6 Å². The van der Waals surface area contributed by atoms with Crippen LogP contribution < -0.4 is 10.1 Å². The summed E-state index contributed by atoms with van der Waals surface area (Å²) in [6, 6.07) is 8.98. The maximum Gasteiger partial charge on any atom is 0.119 e. The molecular weight excluding hydrogens is 260 g/mol. The predicted octanol–water partition coefficient (Wildman–Crippen LogP) is 3.09. The molecule has 1 unspecified atom stereocenters. The molecule has 1 aliphatic rings. The van der Waals surface area contributed by atoms with Crippen LogP contribution in [0.2, 0.25) is 0 Å². The first-order chi connectivity index (χ1) is 10.1. The van der Waals surface area contributed by atoms with Gasteiger partial charge >= 0.3 is 0 Å². The molecule has 0 saturated heterocycles. The third-order valence-electron chi connectivity index (χ3n) is 5.03. The smallest absolute Gasteiger partial charge is 0.119 e. The van der Waals surface area contributed by atoms with E-state index in [-0.39, 0.29) is 0 Å². The van der Waals surface area contributed by atoms with Crippen LogP contribution in [0.4, 0.5) is 0 Å². The molecule has 3 nitrogen and oxygen atoms in total. The van der Waals surface area contributed by atoms with Gasteiger partial charge in [0.1, 0.15) is 5.75 Å². The second-order valence-electron chi connectivity index (χ2n) is 6.37. The number of benzene rings is 1. The molecule has 0 spiro atoms. The largest absolute Gasteiger partial charge is 0.497 e. The summed E-state index contributed by atoms with van der Waals surface area (Å²) in [4.78, 5) is 2.45. The van der Waals surface area contributed by atoms with E-state index in [9.17, 15) is 0 Å². The number of hydrogen-bond donors (Lipinski definition) is 1. The summed E-state index contributed by atoms with van der Waals surface area (Å²) < 4.78 is 5.36. The Labute approximate surface area is 129 Å². The first-order valence-electron chi connectivity index (χ1n) is 8.16. The molecule has 118 valence electrons. The van der Waals surface area contributed by atoms with E-state index >= 15 is 0 Å². The van der Waals surface area contributed by atoms with Gasteiger partial charge in [-0.3, -0.25) is 0 Å². The van der Waals surface area contributed by atoms with Gasteiger partial charge in [0.05, 0.1) is 7.11 Å². The minimum Gasteiger partial charge on any atom is -0.497 e. The lowest BCUT2D eigenvalue weighted by Crippen LogP contribution is -2.58. The molecule has 3 heteroatoms. The van der Waals surface area contributed by atoms with Crippen molar-refractivity contribution in [1.29, 1.82) is 0 Å². The fourth-order valence-electron chi connectivity index (χ4n) is 3.83. The third kappa shape index (κ3) is 3.58. The fourth-order valence-corrected chi connectivity index (χ4v) is 3.83. The van der Waals surface area contributed by atoms with Crippen LogP contribution in [-0.2, 0) is 6.42 Å². The molecule has 0 aromatic heterocycles. The zero-order valence-corrected chi connectivity index (χ0v) is 14.0. The summed E-state index contributed by atoms with van der Waals surface area (Å²) in [5, 5.41) is 3.75. The van der Waals surface area contributed by atoms with Crippen LogP contribution in [-0.4, -0.2) is 44.2 Å². The molecule has 0 aliphatic heterocycles. The van der Waals surface area contributed by atoms with Crippen molar-refractivity contribution in [3.63, 3.8) is 0 Å². The minimum absolute atomic E-state index is 0.291. The first kappa shape index (κ1) is 16.3. The lowest BCUT2D eigenvalue weighted by atomic mass is 9.83. The van der Waals surface area contributed by atoms with Crippen molar-refractivity contribution in [3.05, 3.63) is 29.8 Å².